The molecule has 2 aliphatic rings. The minimum atomic E-state index is -1.07. The van der Waals surface area contributed by atoms with E-state index >= 15 is 0 Å². The van der Waals surface area contributed by atoms with Crippen LogP contribution in [-0.2, 0) is 21.5 Å². The molecule has 0 radical (unpaired) electrons. The van der Waals surface area contributed by atoms with Crippen molar-refractivity contribution in [1.82, 2.24) is 14.8 Å². The molecule has 1 aromatic carbocycles. The highest BCUT2D eigenvalue weighted by Crippen LogP contribution is 2.48. The number of rotatable bonds is 5. The van der Waals surface area contributed by atoms with Crippen LogP contribution in [0.3, 0.4) is 0 Å². The van der Waals surface area contributed by atoms with Crippen LogP contribution in [0.4, 0.5) is 0 Å². The summed E-state index contributed by atoms with van der Waals surface area (Å²) in [6, 6.07) is 5.66. The number of aromatic nitrogens is 3. The maximum absolute atomic E-state index is 11.5. The van der Waals surface area contributed by atoms with E-state index in [4.69, 9.17) is 20.9 Å². The maximum Gasteiger partial charge on any atom is 0.494 e. The molecule has 0 spiro atoms. The second-order valence-corrected chi connectivity index (χ2v) is 9.03. The van der Waals surface area contributed by atoms with Gasteiger partial charge in [-0.1, -0.05) is 23.7 Å². The molecular formula is C19H25BClN3O3. The number of nitrogens with zero attached hydrogens (tertiary/aromatic N) is 3. The third-order valence-electron chi connectivity index (χ3n) is 6.11. The van der Waals surface area contributed by atoms with E-state index in [1.807, 2.05) is 45.9 Å². The predicted molar refractivity (Wildman–Crippen MR) is 104 cm³/mol. The summed E-state index contributed by atoms with van der Waals surface area (Å²) in [7, 11) is -0.481. The summed E-state index contributed by atoms with van der Waals surface area (Å²) in [5.41, 5.74) is -0.335. The van der Waals surface area contributed by atoms with Gasteiger partial charge < -0.3 is 14.4 Å². The van der Waals surface area contributed by atoms with E-state index in [0.717, 1.165) is 18.3 Å². The standard InChI is InChI=1S/C19H25BClN3O3/c1-17(2)18(3,4)27-20(26-17)14-7-8-15(16(21)9-14)19(25,13-5-6-13)10-24-12-22-11-23-24/h7-9,11-13,25H,5-6,10H2,1-4H3. The summed E-state index contributed by atoms with van der Waals surface area (Å²) in [6.07, 6.45) is 5.03. The third-order valence-corrected chi connectivity index (χ3v) is 6.42. The smallest absolute Gasteiger partial charge is 0.399 e. The lowest BCUT2D eigenvalue weighted by atomic mass is 9.77. The van der Waals surface area contributed by atoms with Crippen molar-refractivity contribution in [2.24, 2.45) is 5.92 Å². The first kappa shape index (κ1) is 18.9. The lowest BCUT2D eigenvalue weighted by Crippen LogP contribution is -2.41. The zero-order valence-electron chi connectivity index (χ0n) is 16.1. The molecule has 27 heavy (non-hydrogen) atoms. The van der Waals surface area contributed by atoms with Gasteiger partial charge >= 0.3 is 7.12 Å². The van der Waals surface area contributed by atoms with Crippen LogP contribution in [-0.4, -0.2) is 38.2 Å². The topological polar surface area (TPSA) is 69.4 Å². The van der Waals surface area contributed by atoms with Gasteiger partial charge in [0.25, 0.3) is 0 Å². The molecule has 2 fully saturated rings. The van der Waals surface area contributed by atoms with E-state index in [1.165, 1.54) is 6.33 Å². The van der Waals surface area contributed by atoms with Gasteiger partial charge in [0.05, 0.1) is 17.7 Å². The summed E-state index contributed by atoms with van der Waals surface area (Å²) >= 11 is 6.63. The Bertz CT molecular complexity index is 823. The fourth-order valence-electron chi connectivity index (χ4n) is 3.56. The van der Waals surface area contributed by atoms with Gasteiger partial charge in [-0.2, -0.15) is 5.10 Å². The van der Waals surface area contributed by atoms with E-state index in [-0.39, 0.29) is 5.92 Å². The quantitative estimate of drug-likeness (QED) is 0.796. The highest BCUT2D eigenvalue weighted by molar-refractivity contribution is 6.62. The number of halogens is 1. The van der Waals surface area contributed by atoms with Crippen LogP contribution in [0, 0.1) is 5.92 Å². The Morgan fingerprint density at radius 1 is 1.26 bits per heavy atom. The molecule has 1 unspecified atom stereocenters. The summed E-state index contributed by atoms with van der Waals surface area (Å²) in [4.78, 5) is 3.97. The Labute approximate surface area is 165 Å². The van der Waals surface area contributed by atoms with Crippen molar-refractivity contribution < 1.29 is 14.4 Å². The van der Waals surface area contributed by atoms with Crippen LogP contribution in [0.2, 0.25) is 5.02 Å². The van der Waals surface area contributed by atoms with E-state index in [0.29, 0.717) is 17.1 Å². The largest absolute Gasteiger partial charge is 0.494 e. The minimum absolute atomic E-state index is 0.168. The van der Waals surface area contributed by atoms with Crippen molar-refractivity contribution in [2.75, 3.05) is 0 Å². The molecule has 1 aromatic heterocycles. The molecule has 1 N–H and O–H groups in total. The van der Waals surface area contributed by atoms with Gasteiger partial charge in [0, 0.05) is 10.6 Å². The Hall–Kier alpha value is -1.41. The van der Waals surface area contributed by atoms with Crippen LogP contribution >= 0.6 is 11.6 Å². The van der Waals surface area contributed by atoms with Crippen molar-refractivity contribution in [2.45, 2.75) is 63.9 Å². The fourth-order valence-corrected chi connectivity index (χ4v) is 3.92. The molecule has 1 atom stereocenters. The molecule has 1 aliphatic carbocycles. The second-order valence-electron chi connectivity index (χ2n) is 8.62. The average Bonchev–Trinajstić information content (AvgIpc) is 3.27. The van der Waals surface area contributed by atoms with Crippen LogP contribution < -0.4 is 5.46 Å². The zero-order valence-corrected chi connectivity index (χ0v) is 16.9. The van der Waals surface area contributed by atoms with Gasteiger partial charge in [-0.05, 0) is 58.0 Å². The molecule has 144 valence electrons. The molecule has 8 heteroatoms. The number of hydrogen-bond donors (Lipinski definition) is 1. The molecular weight excluding hydrogens is 364 g/mol. The van der Waals surface area contributed by atoms with Crippen molar-refractivity contribution in [1.29, 1.82) is 0 Å². The first-order valence-corrected chi connectivity index (χ1v) is 9.70. The zero-order chi connectivity index (χ0) is 19.4. The molecule has 1 saturated heterocycles. The Balaban J connectivity index is 1.63. The minimum Gasteiger partial charge on any atom is -0.399 e. The maximum atomic E-state index is 11.5. The SMILES string of the molecule is CC1(C)OB(c2ccc(C(O)(Cn3cncn3)C3CC3)c(Cl)c2)OC1(C)C. The molecule has 4 rings (SSSR count). The van der Waals surface area contributed by atoms with Gasteiger partial charge in [0.15, 0.2) is 0 Å². The van der Waals surface area contributed by atoms with Gasteiger partial charge in [-0.15, -0.1) is 0 Å². The summed E-state index contributed by atoms with van der Waals surface area (Å²) in [5.74, 6) is 0.168. The van der Waals surface area contributed by atoms with Gasteiger partial charge in [-0.3, -0.25) is 0 Å². The molecule has 0 bridgehead atoms. The van der Waals surface area contributed by atoms with Crippen molar-refractivity contribution in [3.8, 4) is 0 Å². The molecule has 1 aliphatic heterocycles. The van der Waals surface area contributed by atoms with Crippen LogP contribution in [0.5, 0.6) is 0 Å². The average molecular weight is 390 g/mol. The van der Waals surface area contributed by atoms with Crippen molar-refractivity contribution in [3.63, 3.8) is 0 Å². The third kappa shape index (κ3) is 3.31. The Morgan fingerprint density at radius 3 is 2.44 bits per heavy atom. The van der Waals surface area contributed by atoms with E-state index in [1.54, 1.807) is 11.0 Å². The second kappa shape index (κ2) is 6.31. The fraction of sp³-hybridized carbons (Fsp3) is 0.579. The summed E-state index contributed by atoms with van der Waals surface area (Å²) in [6.45, 7) is 8.41. The molecule has 6 nitrogen and oxygen atoms in total. The van der Waals surface area contributed by atoms with Gasteiger partial charge in [-0.25, -0.2) is 9.67 Å². The summed E-state index contributed by atoms with van der Waals surface area (Å²) < 4.78 is 13.9. The number of hydrogen-bond acceptors (Lipinski definition) is 5. The van der Waals surface area contributed by atoms with E-state index in [9.17, 15) is 5.11 Å². The van der Waals surface area contributed by atoms with Gasteiger partial charge in [0.2, 0.25) is 0 Å². The first-order valence-electron chi connectivity index (χ1n) is 9.33. The normalized spacial score (nSPS) is 23.4. The highest BCUT2D eigenvalue weighted by atomic mass is 35.5. The Kier molecular flexibility index (Phi) is 4.42. The predicted octanol–water partition coefficient (Wildman–Crippen LogP) is 2.53. The molecule has 2 aromatic rings. The molecule has 2 heterocycles. The van der Waals surface area contributed by atoms with E-state index < -0.39 is 23.9 Å². The number of aliphatic hydroxyl groups is 1. The van der Waals surface area contributed by atoms with Crippen LogP contribution in [0.15, 0.2) is 30.9 Å². The lowest BCUT2D eigenvalue weighted by Gasteiger charge is -2.32. The molecule has 0 amide bonds. The molecule has 1 saturated carbocycles. The van der Waals surface area contributed by atoms with E-state index in [2.05, 4.69) is 10.1 Å². The van der Waals surface area contributed by atoms with Crippen molar-refractivity contribution >= 4 is 24.2 Å². The van der Waals surface area contributed by atoms with Crippen LogP contribution in [0.1, 0.15) is 46.1 Å². The summed E-state index contributed by atoms with van der Waals surface area (Å²) in [5, 5.41) is 16.1. The monoisotopic (exact) mass is 389 g/mol. The van der Waals surface area contributed by atoms with Crippen molar-refractivity contribution in [3.05, 3.63) is 41.4 Å². The highest BCUT2D eigenvalue weighted by Gasteiger charge is 2.52. The first-order chi connectivity index (χ1) is 12.6. The van der Waals surface area contributed by atoms with Crippen LogP contribution in [0.25, 0.3) is 0 Å². The van der Waals surface area contributed by atoms with Gasteiger partial charge in [0.1, 0.15) is 18.3 Å². The lowest BCUT2D eigenvalue weighted by molar-refractivity contribution is -0.00765. The number of benzene rings is 1. The Morgan fingerprint density at radius 2 is 1.93 bits per heavy atom.